The summed E-state index contributed by atoms with van der Waals surface area (Å²) >= 11 is 0. The zero-order valence-electron chi connectivity index (χ0n) is 11.2. The maximum atomic E-state index is 13.0. The molecular weight excluding hydrogens is 231 g/mol. The number of hydrogen-bond acceptors (Lipinski definition) is 2. The molecule has 2 atom stereocenters. The van der Waals surface area contributed by atoms with E-state index < -0.39 is 0 Å². The Kier molecular flexibility index (Phi) is 5.62. The van der Waals surface area contributed by atoms with Crippen LogP contribution in [0.15, 0.2) is 24.3 Å². The van der Waals surface area contributed by atoms with Crippen LogP contribution in [0.1, 0.15) is 33.6 Å². The third-order valence-corrected chi connectivity index (χ3v) is 2.71. The number of hydrogen-bond donors (Lipinski definition) is 2. The Morgan fingerprint density at radius 1 is 1.39 bits per heavy atom. The Balaban J connectivity index is 2.49. The first-order chi connectivity index (χ1) is 8.52. The summed E-state index contributed by atoms with van der Waals surface area (Å²) in [6, 6.07) is 5.88. The van der Waals surface area contributed by atoms with E-state index in [4.69, 9.17) is 0 Å². The van der Waals surface area contributed by atoms with Gasteiger partial charge in [0.25, 0.3) is 0 Å². The lowest BCUT2D eigenvalue weighted by Crippen LogP contribution is -2.42. The fraction of sp³-hybridized carbons (Fsp3) is 0.500. The normalized spacial score (nSPS) is 13.8. The average Bonchev–Trinajstić information content (AvgIpc) is 2.29. The highest BCUT2D eigenvalue weighted by Crippen LogP contribution is 2.10. The molecular formula is C14H21FN2O. The molecule has 0 saturated carbocycles. The lowest BCUT2D eigenvalue weighted by Gasteiger charge is -2.18. The molecule has 0 aliphatic rings. The SMILES string of the molecule is CCCC(C)NC(=O)C(C)Nc1cccc(F)c1. The molecule has 0 aromatic heterocycles. The Morgan fingerprint density at radius 2 is 2.11 bits per heavy atom. The van der Waals surface area contributed by atoms with Crippen LogP contribution in [0, 0.1) is 5.82 Å². The minimum atomic E-state index is -0.383. The molecule has 100 valence electrons. The van der Waals surface area contributed by atoms with E-state index in [2.05, 4.69) is 17.6 Å². The number of carbonyl (C=O) groups excluding carboxylic acids is 1. The van der Waals surface area contributed by atoms with Crippen LogP contribution in [0.5, 0.6) is 0 Å². The Hall–Kier alpha value is -1.58. The van der Waals surface area contributed by atoms with Crippen LogP contribution in [-0.4, -0.2) is 18.0 Å². The highest BCUT2D eigenvalue weighted by Gasteiger charge is 2.14. The van der Waals surface area contributed by atoms with Crippen molar-refractivity contribution in [1.29, 1.82) is 0 Å². The molecule has 1 aromatic rings. The molecule has 1 aromatic carbocycles. The van der Waals surface area contributed by atoms with Crippen molar-refractivity contribution in [3.05, 3.63) is 30.1 Å². The van der Waals surface area contributed by atoms with Crippen molar-refractivity contribution < 1.29 is 9.18 Å². The number of halogens is 1. The van der Waals surface area contributed by atoms with Crippen LogP contribution in [0.25, 0.3) is 0 Å². The lowest BCUT2D eigenvalue weighted by molar-refractivity contribution is -0.122. The number of benzene rings is 1. The van der Waals surface area contributed by atoms with Gasteiger partial charge in [0, 0.05) is 11.7 Å². The van der Waals surface area contributed by atoms with Crippen LogP contribution in [0.2, 0.25) is 0 Å². The van der Waals surface area contributed by atoms with E-state index in [-0.39, 0.29) is 23.8 Å². The number of rotatable bonds is 6. The molecule has 0 aliphatic heterocycles. The first-order valence-corrected chi connectivity index (χ1v) is 6.35. The summed E-state index contributed by atoms with van der Waals surface area (Å²) in [7, 11) is 0. The van der Waals surface area contributed by atoms with Gasteiger partial charge in [-0.05, 0) is 38.5 Å². The molecule has 4 heteroatoms. The lowest BCUT2D eigenvalue weighted by atomic mass is 10.2. The zero-order valence-corrected chi connectivity index (χ0v) is 11.2. The minimum absolute atomic E-state index is 0.0692. The molecule has 2 unspecified atom stereocenters. The van der Waals surface area contributed by atoms with Crippen molar-refractivity contribution in [2.24, 2.45) is 0 Å². The standard InChI is InChI=1S/C14H21FN2O/c1-4-6-10(2)16-14(18)11(3)17-13-8-5-7-12(15)9-13/h5,7-11,17H,4,6H2,1-3H3,(H,16,18). The predicted octanol–water partition coefficient (Wildman–Crippen LogP) is 2.93. The minimum Gasteiger partial charge on any atom is -0.374 e. The Bertz CT molecular complexity index is 395. The van der Waals surface area contributed by atoms with E-state index in [1.54, 1.807) is 19.1 Å². The fourth-order valence-electron chi connectivity index (χ4n) is 1.77. The Labute approximate surface area is 108 Å². The van der Waals surface area contributed by atoms with Crippen molar-refractivity contribution in [3.8, 4) is 0 Å². The first-order valence-electron chi connectivity index (χ1n) is 6.35. The smallest absolute Gasteiger partial charge is 0.242 e. The van der Waals surface area contributed by atoms with E-state index in [0.29, 0.717) is 5.69 Å². The van der Waals surface area contributed by atoms with Gasteiger partial charge in [-0.25, -0.2) is 4.39 Å². The van der Waals surface area contributed by atoms with Crippen molar-refractivity contribution >= 4 is 11.6 Å². The second-order valence-corrected chi connectivity index (χ2v) is 4.57. The van der Waals surface area contributed by atoms with E-state index in [0.717, 1.165) is 12.8 Å². The van der Waals surface area contributed by atoms with E-state index in [1.165, 1.54) is 12.1 Å². The van der Waals surface area contributed by atoms with Crippen LogP contribution < -0.4 is 10.6 Å². The molecule has 0 spiro atoms. The van der Waals surface area contributed by atoms with Crippen LogP contribution in [-0.2, 0) is 4.79 Å². The summed E-state index contributed by atoms with van der Waals surface area (Å²) in [5.41, 5.74) is 0.612. The molecule has 0 aliphatic carbocycles. The van der Waals surface area contributed by atoms with E-state index in [9.17, 15) is 9.18 Å². The molecule has 0 heterocycles. The molecule has 1 amide bonds. The largest absolute Gasteiger partial charge is 0.374 e. The summed E-state index contributed by atoms with van der Waals surface area (Å²) in [5.74, 6) is -0.382. The van der Waals surface area contributed by atoms with E-state index in [1.807, 2.05) is 6.92 Å². The van der Waals surface area contributed by atoms with Gasteiger partial charge in [-0.2, -0.15) is 0 Å². The molecule has 1 rings (SSSR count). The van der Waals surface area contributed by atoms with Crippen molar-refractivity contribution in [3.63, 3.8) is 0 Å². The third kappa shape index (κ3) is 4.73. The van der Waals surface area contributed by atoms with Gasteiger partial charge in [-0.15, -0.1) is 0 Å². The first kappa shape index (κ1) is 14.5. The van der Waals surface area contributed by atoms with Gasteiger partial charge in [-0.3, -0.25) is 4.79 Å². The van der Waals surface area contributed by atoms with Crippen LogP contribution >= 0.6 is 0 Å². The molecule has 18 heavy (non-hydrogen) atoms. The van der Waals surface area contributed by atoms with Gasteiger partial charge in [-0.1, -0.05) is 19.4 Å². The quantitative estimate of drug-likeness (QED) is 0.817. The van der Waals surface area contributed by atoms with Crippen molar-refractivity contribution in [2.45, 2.75) is 45.7 Å². The highest BCUT2D eigenvalue weighted by molar-refractivity contribution is 5.84. The summed E-state index contributed by atoms with van der Waals surface area (Å²) in [6.07, 6.45) is 1.99. The summed E-state index contributed by atoms with van der Waals surface area (Å²) < 4.78 is 13.0. The maximum absolute atomic E-state index is 13.0. The number of carbonyl (C=O) groups is 1. The monoisotopic (exact) mass is 252 g/mol. The Morgan fingerprint density at radius 3 is 2.72 bits per heavy atom. The molecule has 0 fully saturated rings. The van der Waals surface area contributed by atoms with Gasteiger partial charge >= 0.3 is 0 Å². The fourth-order valence-corrected chi connectivity index (χ4v) is 1.77. The number of amides is 1. The summed E-state index contributed by atoms with van der Waals surface area (Å²) in [5, 5.41) is 5.90. The van der Waals surface area contributed by atoms with Gasteiger partial charge in [0.1, 0.15) is 11.9 Å². The molecule has 3 nitrogen and oxygen atoms in total. The highest BCUT2D eigenvalue weighted by atomic mass is 19.1. The van der Waals surface area contributed by atoms with Gasteiger partial charge in [0.15, 0.2) is 0 Å². The summed E-state index contributed by atoms with van der Waals surface area (Å²) in [6.45, 7) is 5.83. The molecule has 0 bridgehead atoms. The van der Waals surface area contributed by atoms with Crippen molar-refractivity contribution in [2.75, 3.05) is 5.32 Å². The number of nitrogens with one attached hydrogen (secondary N) is 2. The summed E-state index contributed by atoms with van der Waals surface area (Å²) in [4.78, 5) is 11.9. The molecule has 0 radical (unpaired) electrons. The molecule has 2 N–H and O–H groups in total. The maximum Gasteiger partial charge on any atom is 0.242 e. The van der Waals surface area contributed by atoms with Gasteiger partial charge < -0.3 is 10.6 Å². The zero-order chi connectivity index (χ0) is 13.5. The topological polar surface area (TPSA) is 41.1 Å². The van der Waals surface area contributed by atoms with Gasteiger partial charge in [0.2, 0.25) is 5.91 Å². The second-order valence-electron chi connectivity index (χ2n) is 4.57. The van der Waals surface area contributed by atoms with E-state index >= 15 is 0 Å². The third-order valence-electron chi connectivity index (χ3n) is 2.71. The van der Waals surface area contributed by atoms with Crippen molar-refractivity contribution in [1.82, 2.24) is 5.32 Å². The second kappa shape index (κ2) is 6.99. The predicted molar refractivity (Wildman–Crippen MR) is 72.0 cm³/mol. The number of anilines is 1. The van der Waals surface area contributed by atoms with Crippen LogP contribution in [0.4, 0.5) is 10.1 Å². The van der Waals surface area contributed by atoms with Gasteiger partial charge in [0.05, 0.1) is 0 Å². The molecule has 0 saturated heterocycles. The van der Waals surface area contributed by atoms with Crippen LogP contribution in [0.3, 0.4) is 0 Å². The average molecular weight is 252 g/mol.